The average molecular weight is 369 g/mol. The second kappa shape index (κ2) is 9.31. The summed E-state index contributed by atoms with van der Waals surface area (Å²) in [6, 6.07) is 15.5. The van der Waals surface area contributed by atoms with Gasteiger partial charge in [-0.05, 0) is 42.7 Å². The first-order valence-electron chi connectivity index (χ1n) is 9.42. The highest BCUT2D eigenvalue weighted by Gasteiger charge is 2.27. The number of para-hydroxylation sites is 2. The van der Waals surface area contributed by atoms with Gasteiger partial charge < -0.3 is 19.1 Å². The van der Waals surface area contributed by atoms with Gasteiger partial charge in [0.05, 0.1) is 20.3 Å². The number of carbonyl (C=O) groups is 1. The average Bonchev–Trinajstić information content (AvgIpc) is 2.98. The fraction of sp³-hybridized carbons (Fsp3) is 0.409. The summed E-state index contributed by atoms with van der Waals surface area (Å²) in [4.78, 5) is 14.9. The van der Waals surface area contributed by atoms with Crippen molar-refractivity contribution in [2.24, 2.45) is 0 Å². The van der Waals surface area contributed by atoms with Crippen LogP contribution in [-0.2, 0) is 4.79 Å². The summed E-state index contributed by atoms with van der Waals surface area (Å²) < 4.78 is 16.3. The molecule has 0 saturated carbocycles. The second-order valence-corrected chi connectivity index (χ2v) is 6.66. The maximum Gasteiger partial charge on any atom is 0.261 e. The molecule has 5 nitrogen and oxygen atoms in total. The number of likely N-dealkylation sites (tertiary alicyclic amines) is 1. The Kier molecular flexibility index (Phi) is 6.58. The molecular formula is C22H27NO4. The molecule has 0 radical (unpaired) electrons. The second-order valence-electron chi connectivity index (χ2n) is 6.66. The van der Waals surface area contributed by atoms with Gasteiger partial charge in [-0.25, -0.2) is 0 Å². The van der Waals surface area contributed by atoms with Crippen LogP contribution in [0.15, 0.2) is 48.5 Å². The van der Waals surface area contributed by atoms with Gasteiger partial charge in [-0.2, -0.15) is 0 Å². The SMILES string of the molecule is COc1ccc(C2CCCCCN2C(=O)COc2ccccc2OC)cc1. The van der Waals surface area contributed by atoms with Crippen molar-refractivity contribution in [3.05, 3.63) is 54.1 Å². The van der Waals surface area contributed by atoms with Crippen molar-refractivity contribution in [3.8, 4) is 17.2 Å². The van der Waals surface area contributed by atoms with Gasteiger partial charge in [-0.15, -0.1) is 0 Å². The zero-order chi connectivity index (χ0) is 19.1. The van der Waals surface area contributed by atoms with Crippen LogP contribution < -0.4 is 14.2 Å². The summed E-state index contributed by atoms with van der Waals surface area (Å²) in [5.41, 5.74) is 1.14. The van der Waals surface area contributed by atoms with Gasteiger partial charge in [-0.1, -0.05) is 37.1 Å². The van der Waals surface area contributed by atoms with Gasteiger partial charge in [0.25, 0.3) is 5.91 Å². The number of hydrogen-bond acceptors (Lipinski definition) is 4. The summed E-state index contributed by atoms with van der Waals surface area (Å²) in [6.07, 6.45) is 4.25. The number of ether oxygens (including phenoxy) is 3. The molecule has 144 valence electrons. The minimum atomic E-state index is 0.00336. The molecule has 0 aliphatic carbocycles. The lowest BCUT2D eigenvalue weighted by Gasteiger charge is -2.30. The smallest absolute Gasteiger partial charge is 0.261 e. The van der Waals surface area contributed by atoms with E-state index in [0.717, 1.165) is 43.5 Å². The third kappa shape index (κ3) is 4.73. The van der Waals surface area contributed by atoms with E-state index >= 15 is 0 Å². The standard InChI is InChI=1S/C22H27NO4/c1-25-18-13-11-17(12-14-18)19-8-4-3-7-15-23(19)22(24)16-27-21-10-6-5-9-20(21)26-2/h5-6,9-14,19H,3-4,7-8,15-16H2,1-2H3. The first-order valence-corrected chi connectivity index (χ1v) is 9.42. The van der Waals surface area contributed by atoms with E-state index in [1.54, 1.807) is 14.2 Å². The molecule has 3 rings (SSSR count). The van der Waals surface area contributed by atoms with Crippen LogP contribution in [-0.4, -0.2) is 38.2 Å². The number of benzene rings is 2. The number of nitrogens with zero attached hydrogens (tertiary/aromatic N) is 1. The van der Waals surface area contributed by atoms with Crippen LogP contribution in [0.25, 0.3) is 0 Å². The van der Waals surface area contributed by atoms with Crippen LogP contribution in [0.2, 0.25) is 0 Å². The predicted octanol–water partition coefficient (Wildman–Crippen LogP) is 4.23. The zero-order valence-electron chi connectivity index (χ0n) is 16.0. The number of carbonyl (C=O) groups excluding carboxylic acids is 1. The summed E-state index contributed by atoms with van der Waals surface area (Å²) >= 11 is 0. The Morgan fingerprint density at radius 1 is 0.963 bits per heavy atom. The van der Waals surface area contributed by atoms with Gasteiger partial charge in [0.15, 0.2) is 18.1 Å². The maximum absolute atomic E-state index is 13.0. The highest BCUT2D eigenvalue weighted by Crippen LogP contribution is 2.32. The Bertz CT molecular complexity index is 744. The number of hydrogen-bond donors (Lipinski definition) is 0. The van der Waals surface area contributed by atoms with Crippen molar-refractivity contribution in [1.82, 2.24) is 4.90 Å². The minimum Gasteiger partial charge on any atom is -0.497 e. The molecule has 1 aliphatic rings. The molecule has 0 N–H and O–H groups in total. The highest BCUT2D eigenvalue weighted by atomic mass is 16.5. The lowest BCUT2D eigenvalue weighted by molar-refractivity contribution is -0.135. The Morgan fingerprint density at radius 2 is 1.70 bits per heavy atom. The fourth-order valence-electron chi connectivity index (χ4n) is 3.54. The van der Waals surface area contributed by atoms with E-state index in [1.165, 1.54) is 0 Å². The van der Waals surface area contributed by atoms with Gasteiger partial charge in [0.1, 0.15) is 5.75 Å². The molecule has 1 heterocycles. The van der Waals surface area contributed by atoms with Crippen LogP contribution in [0.5, 0.6) is 17.2 Å². The molecule has 0 spiro atoms. The molecule has 1 saturated heterocycles. The Morgan fingerprint density at radius 3 is 2.41 bits per heavy atom. The van der Waals surface area contributed by atoms with E-state index in [4.69, 9.17) is 14.2 Å². The van der Waals surface area contributed by atoms with Crippen molar-refractivity contribution in [1.29, 1.82) is 0 Å². The van der Waals surface area contributed by atoms with Gasteiger partial charge in [0, 0.05) is 6.54 Å². The molecule has 0 aromatic heterocycles. The molecule has 2 aromatic rings. The van der Waals surface area contributed by atoms with Crippen LogP contribution in [0.4, 0.5) is 0 Å². The van der Waals surface area contributed by atoms with Crippen molar-refractivity contribution in [2.75, 3.05) is 27.4 Å². The normalized spacial score (nSPS) is 17.1. The van der Waals surface area contributed by atoms with Crippen molar-refractivity contribution in [2.45, 2.75) is 31.7 Å². The van der Waals surface area contributed by atoms with Crippen molar-refractivity contribution >= 4 is 5.91 Å². The maximum atomic E-state index is 13.0. The third-order valence-corrected chi connectivity index (χ3v) is 4.99. The monoisotopic (exact) mass is 369 g/mol. The van der Waals surface area contributed by atoms with E-state index in [9.17, 15) is 4.79 Å². The topological polar surface area (TPSA) is 48.0 Å². The zero-order valence-corrected chi connectivity index (χ0v) is 16.0. The fourth-order valence-corrected chi connectivity index (χ4v) is 3.54. The van der Waals surface area contributed by atoms with Crippen LogP contribution >= 0.6 is 0 Å². The molecule has 5 heteroatoms. The summed E-state index contributed by atoms with van der Waals surface area (Å²) in [7, 11) is 3.25. The van der Waals surface area contributed by atoms with Gasteiger partial charge in [-0.3, -0.25) is 4.79 Å². The highest BCUT2D eigenvalue weighted by molar-refractivity contribution is 5.78. The molecule has 1 fully saturated rings. The lowest BCUT2D eigenvalue weighted by atomic mass is 10.0. The Hall–Kier alpha value is -2.69. The first kappa shape index (κ1) is 19.1. The number of methoxy groups -OCH3 is 2. The van der Waals surface area contributed by atoms with E-state index in [2.05, 4.69) is 12.1 Å². The van der Waals surface area contributed by atoms with E-state index in [0.29, 0.717) is 11.5 Å². The molecule has 27 heavy (non-hydrogen) atoms. The number of rotatable bonds is 6. The molecule has 0 bridgehead atoms. The minimum absolute atomic E-state index is 0.00336. The van der Waals surface area contributed by atoms with Crippen LogP contribution in [0, 0.1) is 0 Å². The molecule has 1 amide bonds. The van der Waals surface area contributed by atoms with Crippen molar-refractivity contribution < 1.29 is 19.0 Å². The van der Waals surface area contributed by atoms with Gasteiger partial charge in [0.2, 0.25) is 0 Å². The quantitative estimate of drug-likeness (QED) is 0.765. The molecule has 1 aliphatic heterocycles. The number of amides is 1. The lowest BCUT2D eigenvalue weighted by Crippen LogP contribution is -2.38. The van der Waals surface area contributed by atoms with Crippen LogP contribution in [0.1, 0.15) is 37.3 Å². The van der Waals surface area contributed by atoms with E-state index in [1.807, 2.05) is 41.3 Å². The summed E-state index contributed by atoms with van der Waals surface area (Å²) in [6.45, 7) is 0.762. The van der Waals surface area contributed by atoms with Crippen LogP contribution in [0.3, 0.4) is 0 Å². The molecule has 1 atom stereocenters. The Balaban J connectivity index is 1.73. The predicted molar refractivity (Wildman–Crippen MR) is 104 cm³/mol. The Labute approximate surface area is 160 Å². The van der Waals surface area contributed by atoms with Gasteiger partial charge >= 0.3 is 0 Å². The van der Waals surface area contributed by atoms with Crippen molar-refractivity contribution in [3.63, 3.8) is 0 Å². The molecular weight excluding hydrogens is 342 g/mol. The summed E-state index contributed by atoms with van der Waals surface area (Å²) in [5.74, 6) is 2.05. The van der Waals surface area contributed by atoms with E-state index < -0.39 is 0 Å². The largest absolute Gasteiger partial charge is 0.497 e. The van der Waals surface area contributed by atoms with E-state index in [-0.39, 0.29) is 18.6 Å². The summed E-state index contributed by atoms with van der Waals surface area (Å²) in [5, 5.41) is 0. The molecule has 1 unspecified atom stereocenters. The third-order valence-electron chi connectivity index (χ3n) is 4.99. The first-order chi connectivity index (χ1) is 13.2. The molecule has 2 aromatic carbocycles.